The van der Waals surface area contributed by atoms with Crippen molar-refractivity contribution in [2.24, 2.45) is 5.92 Å². The Hall–Kier alpha value is -3.43. The average molecular weight is 457 g/mol. The third-order valence-electron chi connectivity index (χ3n) is 6.54. The molecule has 1 saturated carbocycles. The molecule has 1 amide bonds. The first kappa shape index (κ1) is 21.4. The molecule has 2 aromatic heterocycles. The minimum atomic E-state index is -4.47. The van der Waals surface area contributed by atoms with Crippen LogP contribution in [0.2, 0.25) is 0 Å². The van der Waals surface area contributed by atoms with Gasteiger partial charge in [-0.3, -0.25) is 4.79 Å². The van der Waals surface area contributed by atoms with E-state index in [-0.39, 0.29) is 29.9 Å². The number of benzene rings is 1. The zero-order chi connectivity index (χ0) is 23.2. The van der Waals surface area contributed by atoms with Gasteiger partial charge in [0.2, 0.25) is 11.8 Å². The van der Waals surface area contributed by atoms with Crippen molar-refractivity contribution in [1.82, 2.24) is 19.9 Å². The predicted molar refractivity (Wildman–Crippen MR) is 113 cm³/mol. The molecule has 3 fully saturated rings. The zero-order valence-electron chi connectivity index (χ0n) is 17.8. The second-order valence-electron chi connectivity index (χ2n) is 8.56. The molecule has 1 N–H and O–H groups in total. The standard InChI is InChI=1S/C23H22F3N5O2/c1-13-3-2-4-17(19(13)20-27-7-8-33-20)21(32)31-12-14-5-6-16(31)9-18(14)30-22-28-10-15(11-29-22)23(24,25)26/h2-4,7-8,10-11,14,16,18H,5-6,9,12H2,1H3,(H,28,29,30). The second kappa shape index (κ2) is 8.17. The van der Waals surface area contributed by atoms with E-state index < -0.39 is 11.7 Å². The Morgan fingerprint density at radius 2 is 1.97 bits per heavy atom. The van der Waals surface area contributed by atoms with Crippen LogP contribution >= 0.6 is 0 Å². The van der Waals surface area contributed by atoms with E-state index in [1.807, 2.05) is 24.0 Å². The number of hydrogen-bond donors (Lipinski definition) is 1. The first-order valence-electron chi connectivity index (χ1n) is 10.8. The first-order valence-corrected chi connectivity index (χ1v) is 10.8. The molecule has 7 nitrogen and oxygen atoms in total. The number of anilines is 1. The van der Waals surface area contributed by atoms with Gasteiger partial charge in [-0.25, -0.2) is 15.0 Å². The van der Waals surface area contributed by atoms with Gasteiger partial charge >= 0.3 is 6.18 Å². The molecule has 2 saturated heterocycles. The molecule has 3 unspecified atom stereocenters. The molecule has 6 rings (SSSR count). The van der Waals surface area contributed by atoms with E-state index in [1.165, 1.54) is 6.26 Å². The number of piperidine rings is 2. The summed E-state index contributed by atoms with van der Waals surface area (Å²) < 4.78 is 43.7. The van der Waals surface area contributed by atoms with Crippen molar-refractivity contribution < 1.29 is 22.4 Å². The number of carbonyl (C=O) groups excluding carboxylic acids is 1. The van der Waals surface area contributed by atoms with Gasteiger partial charge in [-0.1, -0.05) is 12.1 Å². The van der Waals surface area contributed by atoms with E-state index in [4.69, 9.17) is 4.42 Å². The normalized spacial score (nSPS) is 22.4. The van der Waals surface area contributed by atoms with Gasteiger partial charge in [0, 0.05) is 31.0 Å². The van der Waals surface area contributed by atoms with E-state index in [9.17, 15) is 18.0 Å². The molecule has 1 aliphatic carbocycles. The molecule has 10 heteroatoms. The molecular formula is C23H22F3N5O2. The Morgan fingerprint density at radius 3 is 2.61 bits per heavy atom. The number of oxazole rings is 1. The number of aryl methyl sites for hydroxylation is 1. The zero-order valence-corrected chi connectivity index (χ0v) is 17.8. The van der Waals surface area contributed by atoms with E-state index in [0.717, 1.165) is 30.8 Å². The molecule has 2 aliphatic heterocycles. The Balaban J connectivity index is 1.33. The van der Waals surface area contributed by atoms with E-state index in [1.54, 1.807) is 12.3 Å². The lowest BCUT2D eigenvalue weighted by molar-refractivity contribution is -0.138. The Morgan fingerprint density at radius 1 is 1.18 bits per heavy atom. The van der Waals surface area contributed by atoms with Gasteiger partial charge in [-0.2, -0.15) is 13.2 Å². The lowest BCUT2D eigenvalue weighted by Gasteiger charge is -2.49. The highest BCUT2D eigenvalue weighted by Gasteiger charge is 2.43. The molecule has 3 atom stereocenters. The summed E-state index contributed by atoms with van der Waals surface area (Å²) in [6.45, 7) is 2.48. The fourth-order valence-corrected chi connectivity index (χ4v) is 4.89. The van der Waals surface area contributed by atoms with Gasteiger partial charge in [-0.15, -0.1) is 0 Å². The van der Waals surface area contributed by atoms with Crippen LogP contribution in [-0.4, -0.2) is 44.4 Å². The molecule has 172 valence electrons. The van der Waals surface area contributed by atoms with Gasteiger partial charge in [0.25, 0.3) is 5.91 Å². The van der Waals surface area contributed by atoms with Crippen LogP contribution in [0.15, 0.2) is 47.5 Å². The number of aromatic nitrogens is 3. The van der Waals surface area contributed by atoms with Crippen LogP contribution in [0.25, 0.3) is 11.5 Å². The maximum Gasteiger partial charge on any atom is 0.419 e. The topological polar surface area (TPSA) is 84.2 Å². The lowest BCUT2D eigenvalue weighted by atomic mass is 9.75. The number of halogens is 3. The van der Waals surface area contributed by atoms with Crippen molar-refractivity contribution >= 4 is 11.9 Å². The van der Waals surface area contributed by atoms with Gasteiger partial charge in [-0.05, 0) is 43.7 Å². The van der Waals surface area contributed by atoms with Crippen LogP contribution in [-0.2, 0) is 6.18 Å². The highest BCUT2D eigenvalue weighted by atomic mass is 19.4. The molecule has 0 spiro atoms. The lowest BCUT2D eigenvalue weighted by Crippen LogP contribution is -2.58. The summed E-state index contributed by atoms with van der Waals surface area (Å²) in [5, 5.41) is 3.18. The quantitative estimate of drug-likeness (QED) is 0.618. The summed E-state index contributed by atoms with van der Waals surface area (Å²) in [7, 11) is 0. The SMILES string of the molecule is Cc1cccc(C(=O)N2CC3CCC2CC3Nc2ncc(C(F)(F)F)cn2)c1-c1ncco1. The largest absolute Gasteiger partial charge is 0.444 e. The Labute approximate surface area is 188 Å². The minimum Gasteiger partial charge on any atom is -0.444 e. The van der Waals surface area contributed by atoms with Gasteiger partial charge in [0.15, 0.2) is 0 Å². The number of nitrogens with one attached hydrogen (secondary N) is 1. The van der Waals surface area contributed by atoms with Crippen molar-refractivity contribution in [2.45, 2.75) is 44.4 Å². The predicted octanol–water partition coefficient (Wildman–Crippen LogP) is 4.56. The summed E-state index contributed by atoms with van der Waals surface area (Å²) in [6.07, 6.45) is 2.62. The van der Waals surface area contributed by atoms with Crippen LogP contribution in [0.4, 0.5) is 19.1 Å². The molecule has 1 aromatic carbocycles. The monoisotopic (exact) mass is 457 g/mol. The summed E-state index contributed by atoms with van der Waals surface area (Å²) in [5.41, 5.74) is 1.28. The third-order valence-corrected chi connectivity index (χ3v) is 6.54. The van der Waals surface area contributed by atoms with Crippen LogP contribution in [0, 0.1) is 12.8 Å². The van der Waals surface area contributed by atoms with Crippen LogP contribution < -0.4 is 5.32 Å². The van der Waals surface area contributed by atoms with Crippen molar-refractivity contribution in [3.63, 3.8) is 0 Å². The number of amides is 1. The highest BCUT2D eigenvalue weighted by molar-refractivity contribution is 6.01. The van der Waals surface area contributed by atoms with Gasteiger partial charge < -0.3 is 14.6 Å². The molecule has 33 heavy (non-hydrogen) atoms. The summed E-state index contributed by atoms with van der Waals surface area (Å²) in [4.78, 5) is 27.4. The Kier molecular flexibility index (Phi) is 5.30. The smallest absolute Gasteiger partial charge is 0.419 e. The summed E-state index contributed by atoms with van der Waals surface area (Å²) in [6, 6.07) is 5.58. The van der Waals surface area contributed by atoms with Gasteiger partial charge in [0.05, 0.1) is 22.9 Å². The molecular weight excluding hydrogens is 435 g/mol. The van der Waals surface area contributed by atoms with Crippen molar-refractivity contribution in [2.75, 3.05) is 11.9 Å². The second-order valence-corrected chi connectivity index (χ2v) is 8.56. The number of fused-ring (bicyclic) bond motifs is 3. The molecule has 2 bridgehead atoms. The minimum absolute atomic E-state index is 0.00624. The highest BCUT2D eigenvalue weighted by Crippen LogP contribution is 2.38. The molecule has 3 aromatic rings. The fourth-order valence-electron chi connectivity index (χ4n) is 4.89. The van der Waals surface area contributed by atoms with E-state index in [2.05, 4.69) is 20.3 Å². The fraction of sp³-hybridized carbons (Fsp3) is 0.391. The maximum absolute atomic E-state index is 13.6. The van der Waals surface area contributed by atoms with Crippen molar-refractivity contribution in [1.29, 1.82) is 0 Å². The number of nitrogens with zero attached hydrogens (tertiary/aromatic N) is 4. The van der Waals surface area contributed by atoms with Crippen molar-refractivity contribution in [3.05, 3.63) is 59.7 Å². The number of carbonyl (C=O) groups is 1. The van der Waals surface area contributed by atoms with Crippen LogP contribution in [0.5, 0.6) is 0 Å². The molecule has 0 radical (unpaired) electrons. The van der Waals surface area contributed by atoms with E-state index >= 15 is 0 Å². The van der Waals surface area contributed by atoms with Crippen molar-refractivity contribution in [3.8, 4) is 11.5 Å². The maximum atomic E-state index is 13.6. The van der Waals surface area contributed by atoms with Crippen LogP contribution in [0.1, 0.15) is 40.7 Å². The third kappa shape index (κ3) is 4.05. The average Bonchev–Trinajstić information content (AvgIpc) is 3.33. The molecule has 4 heterocycles. The number of alkyl halides is 3. The van der Waals surface area contributed by atoms with Crippen LogP contribution in [0.3, 0.4) is 0 Å². The summed E-state index contributed by atoms with van der Waals surface area (Å²) in [5.74, 6) is 0.673. The Bertz CT molecular complexity index is 1150. The van der Waals surface area contributed by atoms with Gasteiger partial charge in [0.1, 0.15) is 6.26 Å². The number of rotatable bonds is 4. The van der Waals surface area contributed by atoms with E-state index in [0.29, 0.717) is 30.0 Å². The summed E-state index contributed by atoms with van der Waals surface area (Å²) >= 11 is 0. The first-order chi connectivity index (χ1) is 15.8. The number of hydrogen-bond acceptors (Lipinski definition) is 6. The molecule has 3 aliphatic rings.